The standard InChI is InChI=1S/C16H28N2O4.ClH/c1-21-16(20)10-14(12-5-3-2-4-6-12)18-15(19)9-13-11-22-8-7-17-13;/h12-14,17H,2-11H2,1H3,(H,18,19);1H. The second kappa shape index (κ2) is 10.8. The average Bonchev–Trinajstić information content (AvgIpc) is 2.55. The molecule has 134 valence electrons. The number of carbonyl (C=O) groups is 2. The molecule has 1 aliphatic carbocycles. The Kier molecular flexibility index (Phi) is 9.52. The maximum absolute atomic E-state index is 12.3. The number of hydrogen-bond acceptors (Lipinski definition) is 5. The summed E-state index contributed by atoms with van der Waals surface area (Å²) in [4.78, 5) is 23.9. The zero-order valence-corrected chi connectivity index (χ0v) is 14.7. The minimum Gasteiger partial charge on any atom is -0.469 e. The molecule has 2 rings (SSSR count). The van der Waals surface area contributed by atoms with Crippen molar-refractivity contribution in [3.05, 3.63) is 0 Å². The van der Waals surface area contributed by atoms with E-state index >= 15 is 0 Å². The Morgan fingerprint density at radius 2 is 2.04 bits per heavy atom. The molecule has 0 spiro atoms. The molecule has 1 saturated heterocycles. The zero-order valence-electron chi connectivity index (χ0n) is 13.8. The van der Waals surface area contributed by atoms with Gasteiger partial charge in [0.15, 0.2) is 0 Å². The van der Waals surface area contributed by atoms with Gasteiger partial charge in [0.2, 0.25) is 5.91 Å². The zero-order chi connectivity index (χ0) is 15.8. The SMILES string of the molecule is COC(=O)CC(NC(=O)CC1COCCN1)C1CCCCC1.Cl. The molecule has 1 amide bonds. The maximum Gasteiger partial charge on any atom is 0.307 e. The summed E-state index contributed by atoms with van der Waals surface area (Å²) in [5, 5.41) is 6.34. The number of carbonyl (C=O) groups excluding carboxylic acids is 2. The first-order valence-electron chi connectivity index (χ1n) is 8.36. The Balaban J connectivity index is 0.00000264. The Morgan fingerprint density at radius 3 is 2.65 bits per heavy atom. The molecule has 1 saturated carbocycles. The van der Waals surface area contributed by atoms with Gasteiger partial charge < -0.3 is 20.1 Å². The third-order valence-electron chi connectivity index (χ3n) is 4.61. The second-order valence-corrected chi connectivity index (χ2v) is 6.28. The molecular formula is C16H29ClN2O4. The van der Waals surface area contributed by atoms with Crippen molar-refractivity contribution in [1.29, 1.82) is 0 Å². The van der Waals surface area contributed by atoms with Crippen LogP contribution < -0.4 is 10.6 Å². The molecule has 0 radical (unpaired) electrons. The van der Waals surface area contributed by atoms with Crippen LogP contribution in [0, 0.1) is 5.92 Å². The van der Waals surface area contributed by atoms with Crippen LogP contribution in [0.1, 0.15) is 44.9 Å². The molecule has 7 heteroatoms. The monoisotopic (exact) mass is 348 g/mol. The van der Waals surface area contributed by atoms with E-state index in [1.54, 1.807) is 0 Å². The minimum atomic E-state index is -0.255. The molecular weight excluding hydrogens is 320 g/mol. The maximum atomic E-state index is 12.3. The van der Waals surface area contributed by atoms with Gasteiger partial charge in [-0.3, -0.25) is 9.59 Å². The van der Waals surface area contributed by atoms with Crippen molar-refractivity contribution in [2.45, 2.75) is 57.0 Å². The quantitative estimate of drug-likeness (QED) is 0.710. The molecule has 2 fully saturated rings. The predicted octanol–water partition coefficient (Wildman–Crippen LogP) is 1.41. The van der Waals surface area contributed by atoms with Crippen LogP contribution in [0.2, 0.25) is 0 Å². The third-order valence-corrected chi connectivity index (χ3v) is 4.61. The van der Waals surface area contributed by atoms with Crippen LogP contribution in [0.5, 0.6) is 0 Å². The van der Waals surface area contributed by atoms with Crippen molar-refractivity contribution in [1.82, 2.24) is 10.6 Å². The Bertz CT molecular complexity index is 369. The summed E-state index contributed by atoms with van der Waals surface area (Å²) < 4.78 is 10.2. The second-order valence-electron chi connectivity index (χ2n) is 6.28. The van der Waals surface area contributed by atoms with Crippen LogP contribution in [0.25, 0.3) is 0 Å². The molecule has 2 unspecified atom stereocenters. The topological polar surface area (TPSA) is 76.7 Å². The summed E-state index contributed by atoms with van der Waals surface area (Å²) in [6.07, 6.45) is 6.41. The van der Waals surface area contributed by atoms with Gasteiger partial charge in [-0.2, -0.15) is 0 Å². The molecule has 23 heavy (non-hydrogen) atoms. The summed E-state index contributed by atoms with van der Waals surface area (Å²) in [5.41, 5.74) is 0. The highest BCUT2D eigenvalue weighted by Gasteiger charge is 2.28. The van der Waals surface area contributed by atoms with Gasteiger partial charge in [-0.15, -0.1) is 12.4 Å². The van der Waals surface area contributed by atoms with Gasteiger partial charge in [0.05, 0.1) is 26.7 Å². The molecule has 6 nitrogen and oxygen atoms in total. The number of rotatable bonds is 6. The first-order valence-corrected chi connectivity index (χ1v) is 8.36. The Labute approximate surface area is 144 Å². The van der Waals surface area contributed by atoms with Crippen LogP contribution in [-0.4, -0.2) is 50.8 Å². The summed E-state index contributed by atoms with van der Waals surface area (Å²) in [5.74, 6) is 0.116. The highest BCUT2D eigenvalue weighted by Crippen LogP contribution is 2.28. The largest absolute Gasteiger partial charge is 0.469 e. The van der Waals surface area contributed by atoms with Crippen LogP contribution in [0.4, 0.5) is 0 Å². The molecule has 2 N–H and O–H groups in total. The van der Waals surface area contributed by atoms with Crippen molar-refractivity contribution in [2.24, 2.45) is 5.92 Å². The van der Waals surface area contributed by atoms with Crippen molar-refractivity contribution < 1.29 is 19.1 Å². The first kappa shape index (κ1) is 20.2. The highest BCUT2D eigenvalue weighted by molar-refractivity contribution is 5.85. The number of amides is 1. The lowest BCUT2D eigenvalue weighted by molar-refractivity contribution is -0.141. The Morgan fingerprint density at radius 1 is 1.30 bits per heavy atom. The van der Waals surface area contributed by atoms with Gasteiger partial charge in [-0.05, 0) is 18.8 Å². The summed E-state index contributed by atoms with van der Waals surface area (Å²) >= 11 is 0. The number of nitrogens with one attached hydrogen (secondary N) is 2. The molecule has 2 atom stereocenters. The molecule has 2 aliphatic rings. The fraction of sp³-hybridized carbons (Fsp3) is 0.875. The highest BCUT2D eigenvalue weighted by atomic mass is 35.5. The van der Waals surface area contributed by atoms with Gasteiger partial charge >= 0.3 is 5.97 Å². The molecule has 0 bridgehead atoms. The van der Waals surface area contributed by atoms with Gasteiger partial charge in [0.1, 0.15) is 0 Å². The molecule has 0 aromatic carbocycles. The summed E-state index contributed by atoms with van der Waals surface area (Å²) in [7, 11) is 1.39. The number of esters is 1. The van der Waals surface area contributed by atoms with Gasteiger partial charge in [-0.25, -0.2) is 0 Å². The van der Waals surface area contributed by atoms with Crippen molar-refractivity contribution in [3.63, 3.8) is 0 Å². The van der Waals surface area contributed by atoms with E-state index in [0.29, 0.717) is 25.6 Å². The van der Waals surface area contributed by atoms with E-state index in [4.69, 9.17) is 9.47 Å². The molecule has 1 heterocycles. The number of ether oxygens (including phenoxy) is 2. The van der Waals surface area contributed by atoms with E-state index in [9.17, 15) is 9.59 Å². The van der Waals surface area contributed by atoms with Crippen molar-refractivity contribution in [3.8, 4) is 0 Å². The van der Waals surface area contributed by atoms with Crippen molar-refractivity contribution >= 4 is 24.3 Å². The van der Waals surface area contributed by atoms with E-state index in [2.05, 4.69) is 10.6 Å². The lowest BCUT2D eigenvalue weighted by atomic mass is 9.82. The van der Waals surface area contributed by atoms with Gasteiger partial charge in [-0.1, -0.05) is 19.3 Å². The summed E-state index contributed by atoms with van der Waals surface area (Å²) in [6.45, 7) is 2.05. The number of hydrogen-bond donors (Lipinski definition) is 2. The predicted molar refractivity (Wildman–Crippen MR) is 89.6 cm³/mol. The molecule has 0 aromatic rings. The average molecular weight is 349 g/mol. The third kappa shape index (κ3) is 7.06. The van der Waals surface area contributed by atoms with Crippen LogP contribution in [0.3, 0.4) is 0 Å². The minimum absolute atomic E-state index is 0. The van der Waals surface area contributed by atoms with Gasteiger partial charge in [0.25, 0.3) is 0 Å². The number of methoxy groups -OCH3 is 1. The van der Waals surface area contributed by atoms with E-state index < -0.39 is 0 Å². The normalized spacial score (nSPS) is 23.4. The smallest absolute Gasteiger partial charge is 0.307 e. The lowest BCUT2D eigenvalue weighted by Crippen LogP contribution is -2.48. The Hall–Kier alpha value is -0.850. The van der Waals surface area contributed by atoms with Crippen LogP contribution >= 0.6 is 12.4 Å². The molecule has 1 aliphatic heterocycles. The van der Waals surface area contributed by atoms with E-state index in [0.717, 1.165) is 19.4 Å². The first-order chi connectivity index (χ1) is 10.7. The van der Waals surface area contributed by atoms with E-state index in [-0.39, 0.29) is 42.8 Å². The number of morpholine rings is 1. The van der Waals surface area contributed by atoms with Gasteiger partial charge in [0, 0.05) is 25.0 Å². The lowest BCUT2D eigenvalue weighted by Gasteiger charge is -2.31. The fourth-order valence-electron chi connectivity index (χ4n) is 3.38. The van der Waals surface area contributed by atoms with E-state index in [1.807, 2.05) is 0 Å². The van der Waals surface area contributed by atoms with E-state index in [1.165, 1.54) is 26.4 Å². The van der Waals surface area contributed by atoms with Crippen LogP contribution in [0.15, 0.2) is 0 Å². The molecule has 0 aromatic heterocycles. The summed E-state index contributed by atoms with van der Waals surface area (Å²) in [6, 6.07) is -0.0383. The number of halogens is 1. The van der Waals surface area contributed by atoms with Crippen molar-refractivity contribution in [2.75, 3.05) is 26.9 Å². The fourth-order valence-corrected chi connectivity index (χ4v) is 3.38. The van der Waals surface area contributed by atoms with Crippen LogP contribution in [-0.2, 0) is 19.1 Å².